The Labute approximate surface area is 146 Å². The van der Waals surface area contributed by atoms with Crippen molar-refractivity contribution in [3.63, 3.8) is 0 Å². The lowest BCUT2D eigenvalue weighted by Gasteiger charge is -2.09. The van der Waals surface area contributed by atoms with Crippen LogP contribution in [0.1, 0.15) is 27.3 Å². The van der Waals surface area contributed by atoms with Crippen molar-refractivity contribution in [2.24, 2.45) is 0 Å². The van der Waals surface area contributed by atoms with Crippen molar-refractivity contribution < 1.29 is 9.53 Å². The molecule has 0 spiro atoms. The van der Waals surface area contributed by atoms with E-state index in [1.807, 2.05) is 62.4 Å². The molecule has 0 saturated heterocycles. The molecule has 6 nitrogen and oxygen atoms in total. The van der Waals surface area contributed by atoms with Gasteiger partial charge in [0.1, 0.15) is 5.69 Å². The minimum absolute atomic E-state index is 0.234. The summed E-state index contributed by atoms with van der Waals surface area (Å²) in [5, 5.41) is 11.1. The monoisotopic (exact) mass is 336 g/mol. The van der Waals surface area contributed by atoms with Gasteiger partial charge in [-0.25, -0.2) is 4.68 Å². The van der Waals surface area contributed by atoms with Crippen molar-refractivity contribution in [3.8, 4) is 5.69 Å². The topological polar surface area (TPSA) is 69.0 Å². The second kappa shape index (κ2) is 7.27. The summed E-state index contributed by atoms with van der Waals surface area (Å²) in [6.45, 7) is 4.21. The third-order valence-corrected chi connectivity index (χ3v) is 3.78. The lowest BCUT2D eigenvalue weighted by Crippen LogP contribution is -2.16. The Morgan fingerprint density at radius 1 is 1.12 bits per heavy atom. The van der Waals surface area contributed by atoms with Gasteiger partial charge >= 0.3 is 0 Å². The fourth-order valence-electron chi connectivity index (χ4n) is 2.62. The van der Waals surface area contributed by atoms with Gasteiger partial charge in [0.05, 0.1) is 12.3 Å². The van der Waals surface area contributed by atoms with E-state index < -0.39 is 0 Å². The van der Waals surface area contributed by atoms with Crippen molar-refractivity contribution in [2.75, 3.05) is 12.4 Å². The molecule has 25 heavy (non-hydrogen) atoms. The molecule has 6 heteroatoms. The first-order valence-corrected chi connectivity index (χ1v) is 7.97. The Bertz CT molecular complexity index is 902. The third kappa shape index (κ3) is 3.75. The maximum Gasteiger partial charge on any atom is 0.278 e. The summed E-state index contributed by atoms with van der Waals surface area (Å²) < 4.78 is 6.90. The fourth-order valence-corrected chi connectivity index (χ4v) is 2.62. The summed E-state index contributed by atoms with van der Waals surface area (Å²) in [5.41, 5.74) is 4.59. The van der Waals surface area contributed by atoms with Gasteiger partial charge in [-0.05, 0) is 49.2 Å². The van der Waals surface area contributed by atoms with Crippen molar-refractivity contribution >= 4 is 11.6 Å². The Morgan fingerprint density at radius 3 is 2.52 bits per heavy atom. The largest absolute Gasteiger partial charge is 0.378 e. The van der Waals surface area contributed by atoms with E-state index in [1.54, 1.807) is 11.8 Å². The summed E-state index contributed by atoms with van der Waals surface area (Å²) in [6.07, 6.45) is 0. The number of hydrogen-bond acceptors (Lipinski definition) is 4. The van der Waals surface area contributed by atoms with Crippen LogP contribution in [0, 0.1) is 13.8 Å². The van der Waals surface area contributed by atoms with Crippen LogP contribution >= 0.6 is 0 Å². The number of aryl methyl sites for hydroxylation is 2. The summed E-state index contributed by atoms with van der Waals surface area (Å²) in [5.74, 6) is -0.309. The number of carbonyl (C=O) groups excluding carboxylic acids is 1. The average Bonchev–Trinajstić information content (AvgIpc) is 2.99. The Hall–Kier alpha value is -2.99. The Kier molecular flexibility index (Phi) is 4.90. The number of carbonyl (C=O) groups is 1. The molecule has 0 saturated carbocycles. The number of ether oxygens (including phenoxy) is 1. The van der Waals surface area contributed by atoms with E-state index >= 15 is 0 Å². The van der Waals surface area contributed by atoms with Crippen molar-refractivity contribution in [1.82, 2.24) is 15.0 Å². The maximum atomic E-state index is 12.7. The summed E-state index contributed by atoms with van der Waals surface area (Å²) in [6, 6.07) is 15.5. The second-order valence-electron chi connectivity index (χ2n) is 5.89. The molecule has 0 radical (unpaired) electrons. The molecule has 1 aromatic heterocycles. The van der Waals surface area contributed by atoms with Gasteiger partial charge in [0.2, 0.25) is 0 Å². The molecule has 128 valence electrons. The number of nitrogens with one attached hydrogen (secondary N) is 1. The highest BCUT2D eigenvalue weighted by Crippen LogP contribution is 2.17. The molecule has 3 rings (SSSR count). The molecule has 1 heterocycles. The zero-order valence-electron chi connectivity index (χ0n) is 14.5. The van der Waals surface area contributed by atoms with E-state index in [1.165, 1.54) is 0 Å². The standard InChI is InChI=1S/C19H20N4O2/c1-13-6-4-8-15(10-13)20-19(24)18-17(12-25-3)23(22-21-18)16-9-5-7-14(2)11-16/h4-11H,12H2,1-3H3,(H,20,24). The van der Waals surface area contributed by atoms with E-state index in [0.29, 0.717) is 5.69 Å². The molecular formula is C19H20N4O2. The van der Waals surface area contributed by atoms with E-state index in [9.17, 15) is 4.79 Å². The molecule has 3 aromatic rings. The van der Waals surface area contributed by atoms with Crippen LogP contribution in [-0.4, -0.2) is 28.0 Å². The predicted octanol–water partition coefficient (Wildman–Crippen LogP) is 3.28. The summed E-state index contributed by atoms with van der Waals surface area (Å²) in [4.78, 5) is 12.7. The molecule has 0 aliphatic rings. The smallest absolute Gasteiger partial charge is 0.278 e. The van der Waals surface area contributed by atoms with Crippen LogP contribution in [0.3, 0.4) is 0 Å². The SMILES string of the molecule is COCc1c(C(=O)Nc2cccc(C)c2)nnn1-c1cccc(C)c1. The molecule has 0 fully saturated rings. The Morgan fingerprint density at radius 2 is 1.84 bits per heavy atom. The lowest BCUT2D eigenvalue weighted by atomic mass is 10.2. The lowest BCUT2D eigenvalue weighted by molar-refractivity contribution is 0.101. The van der Waals surface area contributed by atoms with Gasteiger partial charge in [-0.15, -0.1) is 5.10 Å². The molecule has 0 aliphatic heterocycles. The van der Waals surface area contributed by atoms with Crippen LogP contribution in [-0.2, 0) is 11.3 Å². The van der Waals surface area contributed by atoms with Gasteiger partial charge in [-0.2, -0.15) is 0 Å². The van der Waals surface area contributed by atoms with Crippen LogP contribution in [0.15, 0.2) is 48.5 Å². The van der Waals surface area contributed by atoms with Crippen molar-refractivity contribution in [3.05, 3.63) is 71.0 Å². The highest BCUT2D eigenvalue weighted by atomic mass is 16.5. The molecular weight excluding hydrogens is 316 g/mol. The van der Waals surface area contributed by atoms with Crippen LogP contribution in [0.4, 0.5) is 5.69 Å². The van der Waals surface area contributed by atoms with Gasteiger partial charge in [0.15, 0.2) is 5.69 Å². The second-order valence-corrected chi connectivity index (χ2v) is 5.89. The van der Waals surface area contributed by atoms with Gasteiger partial charge in [-0.3, -0.25) is 4.79 Å². The van der Waals surface area contributed by atoms with E-state index in [2.05, 4.69) is 15.6 Å². The molecule has 1 amide bonds. The number of methoxy groups -OCH3 is 1. The normalized spacial score (nSPS) is 10.7. The summed E-state index contributed by atoms with van der Waals surface area (Å²) in [7, 11) is 1.58. The highest BCUT2D eigenvalue weighted by Gasteiger charge is 2.20. The predicted molar refractivity (Wildman–Crippen MR) is 95.9 cm³/mol. The zero-order valence-corrected chi connectivity index (χ0v) is 14.5. The molecule has 0 atom stereocenters. The first kappa shape index (κ1) is 16.9. The van der Waals surface area contributed by atoms with Gasteiger partial charge < -0.3 is 10.1 Å². The van der Waals surface area contributed by atoms with E-state index in [0.717, 1.165) is 22.5 Å². The number of amides is 1. The van der Waals surface area contributed by atoms with Crippen LogP contribution < -0.4 is 5.32 Å². The number of aromatic nitrogens is 3. The first-order chi connectivity index (χ1) is 12.1. The number of hydrogen-bond donors (Lipinski definition) is 1. The molecule has 0 bridgehead atoms. The molecule has 1 N–H and O–H groups in total. The number of benzene rings is 2. The van der Waals surface area contributed by atoms with Gasteiger partial charge in [-0.1, -0.05) is 29.5 Å². The Balaban J connectivity index is 1.95. The number of nitrogens with zero attached hydrogens (tertiary/aromatic N) is 3. The van der Waals surface area contributed by atoms with Crippen molar-refractivity contribution in [2.45, 2.75) is 20.5 Å². The highest BCUT2D eigenvalue weighted by molar-refractivity contribution is 6.03. The fraction of sp³-hybridized carbons (Fsp3) is 0.211. The van der Waals surface area contributed by atoms with E-state index in [-0.39, 0.29) is 18.2 Å². The number of rotatable bonds is 5. The van der Waals surface area contributed by atoms with Gasteiger partial charge in [0.25, 0.3) is 5.91 Å². The molecule has 0 unspecified atom stereocenters. The summed E-state index contributed by atoms with van der Waals surface area (Å²) >= 11 is 0. The zero-order chi connectivity index (χ0) is 17.8. The minimum atomic E-state index is -0.309. The average molecular weight is 336 g/mol. The first-order valence-electron chi connectivity index (χ1n) is 7.97. The minimum Gasteiger partial charge on any atom is -0.378 e. The van der Waals surface area contributed by atoms with Crippen LogP contribution in [0.25, 0.3) is 5.69 Å². The maximum absolute atomic E-state index is 12.7. The van der Waals surface area contributed by atoms with Gasteiger partial charge in [0, 0.05) is 12.8 Å². The number of anilines is 1. The van der Waals surface area contributed by atoms with Crippen LogP contribution in [0.5, 0.6) is 0 Å². The van der Waals surface area contributed by atoms with E-state index in [4.69, 9.17) is 4.74 Å². The molecule has 2 aromatic carbocycles. The third-order valence-electron chi connectivity index (χ3n) is 3.78. The quantitative estimate of drug-likeness (QED) is 0.776. The van der Waals surface area contributed by atoms with Crippen molar-refractivity contribution in [1.29, 1.82) is 0 Å². The van der Waals surface area contributed by atoms with Crippen LogP contribution in [0.2, 0.25) is 0 Å². The molecule has 0 aliphatic carbocycles.